The van der Waals surface area contributed by atoms with Crippen molar-refractivity contribution in [2.45, 2.75) is 50.2 Å². The second-order valence-electron chi connectivity index (χ2n) is 9.17. The van der Waals surface area contributed by atoms with Gasteiger partial charge in [-0.15, -0.1) is 0 Å². The number of hydrogen-bond donors (Lipinski definition) is 1. The van der Waals surface area contributed by atoms with Crippen LogP contribution < -0.4 is 0 Å². The first-order valence-corrected chi connectivity index (χ1v) is 13.1. The van der Waals surface area contributed by atoms with Crippen molar-refractivity contribution in [2.75, 3.05) is 6.26 Å². The summed E-state index contributed by atoms with van der Waals surface area (Å²) in [5, 5.41) is 8.85. The van der Waals surface area contributed by atoms with Crippen LogP contribution in [-0.2, 0) is 25.5 Å². The normalized spacial score (nSPS) is 18.3. The van der Waals surface area contributed by atoms with E-state index in [1.165, 1.54) is 0 Å². The highest BCUT2D eigenvalue weighted by atomic mass is 35.5. The Morgan fingerprint density at radius 2 is 1.69 bits per heavy atom. The van der Waals surface area contributed by atoms with Crippen molar-refractivity contribution < 1.29 is 35.7 Å². The van der Waals surface area contributed by atoms with Crippen LogP contribution in [0, 0.1) is 18.3 Å². The summed E-state index contributed by atoms with van der Waals surface area (Å²) in [6.07, 6.45) is -5.72. The number of halogens is 5. The lowest BCUT2D eigenvalue weighted by atomic mass is 9.95. The maximum atomic E-state index is 12.8. The molecule has 0 aromatic heterocycles. The summed E-state index contributed by atoms with van der Waals surface area (Å²) in [4.78, 5) is 10.8. The van der Waals surface area contributed by atoms with Crippen LogP contribution in [-0.4, -0.2) is 42.4 Å². The topological polar surface area (TPSA) is 80.7 Å². The average Bonchev–Trinajstić information content (AvgIpc) is 3.34. The van der Waals surface area contributed by atoms with Crippen LogP contribution in [0.5, 0.6) is 0 Å². The van der Waals surface area contributed by atoms with E-state index in [2.05, 4.69) is 4.18 Å². The molecule has 0 bridgehead atoms. The predicted octanol–water partition coefficient (Wildman–Crippen LogP) is 6.40. The molecule has 2 unspecified atom stereocenters. The van der Waals surface area contributed by atoms with Gasteiger partial charge in [-0.2, -0.15) is 21.6 Å². The Balaban J connectivity index is 0.000000247. The van der Waals surface area contributed by atoms with Gasteiger partial charge in [-0.05, 0) is 46.9 Å². The first-order valence-electron chi connectivity index (χ1n) is 10.6. The van der Waals surface area contributed by atoms with E-state index in [1.54, 1.807) is 13.8 Å². The summed E-state index contributed by atoms with van der Waals surface area (Å²) in [5.74, 6) is -1.46. The van der Waals surface area contributed by atoms with Gasteiger partial charge in [0.1, 0.15) is 6.10 Å². The van der Waals surface area contributed by atoms with Crippen LogP contribution in [0.2, 0.25) is 0 Å². The van der Waals surface area contributed by atoms with Gasteiger partial charge in [-0.1, -0.05) is 85.6 Å². The first kappa shape index (κ1) is 29.4. The van der Waals surface area contributed by atoms with E-state index in [1.807, 2.05) is 55.5 Å². The summed E-state index contributed by atoms with van der Waals surface area (Å²) >= 11 is 10.6. The lowest BCUT2D eigenvalue weighted by Crippen LogP contribution is -2.49. The molecule has 5 nitrogen and oxygen atoms in total. The van der Waals surface area contributed by atoms with Crippen LogP contribution in [0.3, 0.4) is 0 Å². The molecule has 35 heavy (non-hydrogen) atoms. The van der Waals surface area contributed by atoms with Crippen LogP contribution in [0.25, 0.3) is 11.1 Å². The van der Waals surface area contributed by atoms with Crippen molar-refractivity contribution in [1.29, 1.82) is 0 Å². The third-order valence-corrected chi connectivity index (χ3v) is 7.26. The van der Waals surface area contributed by atoms with E-state index in [-0.39, 0.29) is 6.42 Å². The second-order valence-corrected chi connectivity index (χ2v) is 12.2. The van der Waals surface area contributed by atoms with Gasteiger partial charge in [0.25, 0.3) is 10.1 Å². The molecule has 1 saturated carbocycles. The van der Waals surface area contributed by atoms with Gasteiger partial charge >= 0.3 is 12.1 Å². The van der Waals surface area contributed by atoms with Gasteiger partial charge in [0.2, 0.25) is 4.33 Å². The third kappa shape index (κ3) is 7.84. The lowest BCUT2D eigenvalue weighted by molar-refractivity contribution is -0.161. The standard InChI is InChI=1S/C15H14O2.C9H13Cl2F3O3S/c1-11-13(10-15(16)17)8-5-9-14(11)12-6-3-2-4-7-12;1-7(2)4-5(7)6(17-18(3,15)16)8(10,11)9(12,13)14/h2-9H,10H2,1H3,(H,16,17);5-6H,4H2,1-3H3. The predicted molar refractivity (Wildman–Crippen MR) is 130 cm³/mol. The number of rotatable bonds is 7. The van der Waals surface area contributed by atoms with Crippen LogP contribution in [0.1, 0.15) is 31.4 Å². The zero-order chi connectivity index (χ0) is 26.8. The number of carbonyl (C=O) groups is 1. The minimum absolute atomic E-state index is 0.0759. The Morgan fingerprint density at radius 1 is 1.14 bits per heavy atom. The summed E-state index contributed by atoms with van der Waals surface area (Å²) in [7, 11) is -4.09. The molecular formula is C24H27Cl2F3O5S. The van der Waals surface area contributed by atoms with Gasteiger partial charge in [0, 0.05) is 0 Å². The molecule has 3 rings (SSSR count). The Labute approximate surface area is 213 Å². The number of benzene rings is 2. The zero-order valence-electron chi connectivity index (χ0n) is 19.6. The van der Waals surface area contributed by atoms with Crippen molar-refractivity contribution in [1.82, 2.24) is 0 Å². The van der Waals surface area contributed by atoms with E-state index in [0.29, 0.717) is 12.7 Å². The van der Waals surface area contributed by atoms with Crippen LogP contribution in [0.4, 0.5) is 13.2 Å². The van der Waals surface area contributed by atoms with Crippen molar-refractivity contribution >= 4 is 39.3 Å². The molecule has 1 aliphatic rings. The Kier molecular flexibility index (Phi) is 8.96. The number of hydrogen-bond acceptors (Lipinski definition) is 4. The van der Waals surface area contributed by atoms with E-state index in [0.717, 1.165) is 22.3 Å². The Bertz CT molecular complexity index is 1150. The largest absolute Gasteiger partial charge is 0.481 e. The van der Waals surface area contributed by atoms with Crippen molar-refractivity contribution in [3.8, 4) is 11.1 Å². The summed E-state index contributed by atoms with van der Waals surface area (Å²) in [5.41, 5.74) is 3.66. The van der Waals surface area contributed by atoms with Gasteiger partial charge in [0.05, 0.1) is 12.7 Å². The highest BCUT2D eigenvalue weighted by molar-refractivity contribution is 7.86. The van der Waals surface area contributed by atoms with Gasteiger partial charge in [-0.25, -0.2) is 0 Å². The highest BCUT2D eigenvalue weighted by Gasteiger charge is 2.67. The first-order chi connectivity index (χ1) is 15.9. The van der Waals surface area contributed by atoms with Crippen LogP contribution >= 0.6 is 23.2 Å². The molecule has 2 atom stereocenters. The summed E-state index contributed by atoms with van der Waals surface area (Å²) in [6, 6.07) is 15.8. The van der Waals surface area contributed by atoms with Gasteiger partial charge in [-0.3, -0.25) is 8.98 Å². The Hall–Kier alpha value is -1.81. The van der Waals surface area contributed by atoms with Gasteiger partial charge in [0.15, 0.2) is 0 Å². The molecule has 1 fully saturated rings. The molecule has 0 saturated heterocycles. The van der Waals surface area contributed by atoms with Crippen molar-refractivity contribution in [2.24, 2.45) is 11.3 Å². The van der Waals surface area contributed by atoms with E-state index >= 15 is 0 Å². The fourth-order valence-corrected chi connectivity index (χ4v) is 4.88. The molecule has 1 N–H and O–H groups in total. The quantitative estimate of drug-likeness (QED) is 0.316. The molecule has 0 heterocycles. The van der Waals surface area contributed by atoms with E-state index in [9.17, 15) is 26.4 Å². The van der Waals surface area contributed by atoms with E-state index in [4.69, 9.17) is 28.3 Å². The van der Waals surface area contributed by atoms with E-state index < -0.39 is 44.0 Å². The highest BCUT2D eigenvalue weighted by Crippen LogP contribution is 2.60. The molecule has 2 aromatic rings. The Morgan fingerprint density at radius 3 is 2.11 bits per heavy atom. The fourth-order valence-electron chi connectivity index (χ4n) is 3.72. The monoisotopic (exact) mass is 554 g/mol. The smallest absolute Gasteiger partial charge is 0.424 e. The van der Waals surface area contributed by atoms with Gasteiger partial charge < -0.3 is 5.11 Å². The molecule has 0 aliphatic heterocycles. The number of aliphatic carboxylic acids is 1. The summed E-state index contributed by atoms with van der Waals surface area (Å²) in [6.45, 7) is 5.35. The number of carboxylic acids is 1. The van der Waals surface area contributed by atoms with Crippen molar-refractivity contribution in [3.63, 3.8) is 0 Å². The third-order valence-electron chi connectivity index (χ3n) is 5.84. The summed E-state index contributed by atoms with van der Waals surface area (Å²) < 4.78 is 61.6. The van der Waals surface area contributed by atoms with Crippen LogP contribution in [0.15, 0.2) is 48.5 Å². The number of carboxylic acid groups (broad SMARTS) is 1. The minimum atomic E-state index is -4.98. The number of alkyl halides is 5. The second kappa shape index (κ2) is 10.7. The SMILES string of the molecule is CC1(C)CC1C(OS(C)(=O)=O)C(Cl)(Cl)C(F)(F)F.Cc1c(CC(=O)O)cccc1-c1ccccc1. The molecule has 0 spiro atoms. The molecule has 11 heteroatoms. The molecule has 0 radical (unpaired) electrons. The zero-order valence-corrected chi connectivity index (χ0v) is 21.9. The lowest BCUT2D eigenvalue weighted by Gasteiger charge is -2.31. The maximum absolute atomic E-state index is 12.8. The molecule has 194 valence electrons. The molecule has 2 aromatic carbocycles. The molecular weight excluding hydrogens is 528 g/mol. The maximum Gasteiger partial charge on any atom is 0.424 e. The average molecular weight is 555 g/mol. The fraction of sp³-hybridized carbons (Fsp3) is 0.458. The van der Waals surface area contributed by atoms with Crippen molar-refractivity contribution in [3.05, 3.63) is 59.7 Å². The minimum Gasteiger partial charge on any atom is -0.481 e. The molecule has 0 amide bonds. The molecule has 1 aliphatic carbocycles.